The largest absolute Gasteiger partial charge is 0.337 e. The Morgan fingerprint density at radius 1 is 0.895 bits per heavy atom. The molecule has 6 heterocycles. The monoisotopic (exact) mass is 501 g/mol. The maximum Gasteiger partial charge on any atom is 0.227 e. The van der Waals surface area contributed by atoms with Crippen molar-refractivity contribution in [1.82, 2.24) is 40.1 Å². The zero-order valence-corrected chi connectivity index (χ0v) is 20.3. The fraction of sp³-hybridized carbons (Fsp3) is 0.179. The number of aromatic nitrogens is 8. The van der Waals surface area contributed by atoms with E-state index >= 15 is 0 Å². The van der Waals surface area contributed by atoms with Gasteiger partial charge in [0.1, 0.15) is 11.2 Å². The van der Waals surface area contributed by atoms with Crippen molar-refractivity contribution in [3.05, 3.63) is 67.5 Å². The second-order valence-electron chi connectivity index (χ2n) is 9.50. The number of anilines is 1. The minimum atomic E-state index is 0.0673. The molecule has 10 heteroatoms. The number of fused-ring (bicyclic) bond motifs is 2. The lowest BCUT2D eigenvalue weighted by atomic mass is 10.1. The summed E-state index contributed by atoms with van der Waals surface area (Å²) >= 11 is 0. The molecule has 7 rings (SSSR count). The molecule has 0 unspecified atom stereocenters. The summed E-state index contributed by atoms with van der Waals surface area (Å²) in [5, 5.41) is 11.3. The molecule has 1 aliphatic rings. The summed E-state index contributed by atoms with van der Waals surface area (Å²) in [6.07, 6.45) is 14.6. The van der Waals surface area contributed by atoms with Gasteiger partial charge in [-0.2, -0.15) is 5.10 Å². The van der Waals surface area contributed by atoms with Gasteiger partial charge in [0.05, 0.1) is 28.5 Å². The van der Waals surface area contributed by atoms with Crippen LogP contribution in [0.25, 0.3) is 56.0 Å². The Bertz CT molecular complexity index is 1780. The van der Waals surface area contributed by atoms with Crippen LogP contribution in [0, 0.1) is 5.92 Å². The fourth-order valence-electron chi connectivity index (χ4n) is 5.11. The molecular formula is C28H23N9O. The summed E-state index contributed by atoms with van der Waals surface area (Å²) < 4.78 is 0. The number of imidazole rings is 1. The van der Waals surface area contributed by atoms with Crippen LogP contribution in [0.1, 0.15) is 25.7 Å². The van der Waals surface area contributed by atoms with Crippen LogP contribution >= 0.6 is 0 Å². The van der Waals surface area contributed by atoms with E-state index in [0.717, 1.165) is 70.2 Å². The molecule has 6 aromatic rings. The molecule has 0 bridgehead atoms. The molecule has 3 N–H and O–H groups in total. The molecule has 38 heavy (non-hydrogen) atoms. The third-order valence-corrected chi connectivity index (χ3v) is 7.07. The molecule has 0 aliphatic heterocycles. The summed E-state index contributed by atoms with van der Waals surface area (Å²) in [7, 11) is 0. The number of carbonyl (C=O) groups is 1. The van der Waals surface area contributed by atoms with Crippen LogP contribution in [0.4, 0.5) is 5.69 Å². The fourth-order valence-corrected chi connectivity index (χ4v) is 5.11. The van der Waals surface area contributed by atoms with Gasteiger partial charge in [0.25, 0.3) is 0 Å². The van der Waals surface area contributed by atoms with Crippen LogP contribution in [0.15, 0.2) is 67.5 Å². The topological polar surface area (TPSA) is 138 Å². The molecule has 0 saturated heterocycles. The standard InChI is InChI=1S/C28H23N9O/c38-28(17-3-1-2-4-17)33-20-11-18(13-30-15-20)19-12-21-24(36-37-26(21)32-14-19)27-34-22-7-10-31-23(25(22)35-27)16-5-8-29-9-6-16/h5-15,17H,1-4H2,(H,33,38)(H,34,35)(H,32,36,37). The number of amides is 1. The average Bonchev–Trinajstić information content (AvgIpc) is 3.73. The van der Waals surface area contributed by atoms with E-state index < -0.39 is 0 Å². The quantitative estimate of drug-likeness (QED) is 0.297. The van der Waals surface area contributed by atoms with Crippen molar-refractivity contribution in [3.8, 4) is 33.9 Å². The predicted molar refractivity (Wildman–Crippen MR) is 144 cm³/mol. The summed E-state index contributed by atoms with van der Waals surface area (Å²) in [5.41, 5.74) is 7.04. The van der Waals surface area contributed by atoms with E-state index in [1.165, 1.54) is 0 Å². The lowest BCUT2D eigenvalue weighted by Gasteiger charge is -2.11. The van der Waals surface area contributed by atoms with Crippen LogP contribution in [0.5, 0.6) is 0 Å². The number of rotatable bonds is 5. The van der Waals surface area contributed by atoms with Crippen molar-refractivity contribution in [2.45, 2.75) is 25.7 Å². The van der Waals surface area contributed by atoms with E-state index in [1.807, 2.05) is 30.3 Å². The van der Waals surface area contributed by atoms with E-state index in [4.69, 9.17) is 4.98 Å². The summed E-state index contributed by atoms with van der Waals surface area (Å²) in [6, 6.07) is 9.66. The van der Waals surface area contributed by atoms with Gasteiger partial charge < -0.3 is 10.3 Å². The Balaban J connectivity index is 1.25. The minimum Gasteiger partial charge on any atom is -0.337 e. The summed E-state index contributed by atoms with van der Waals surface area (Å²) in [4.78, 5) is 38.4. The molecule has 10 nitrogen and oxygen atoms in total. The first kappa shape index (κ1) is 22.2. The first-order chi connectivity index (χ1) is 18.7. The van der Waals surface area contributed by atoms with Gasteiger partial charge in [-0.15, -0.1) is 0 Å². The van der Waals surface area contributed by atoms with Gasteiger partial charge in [0.2, 0.25) is 5.91 Å². The third kappa shape index (κ3) is 3.96. The molecule has 1 amide bonds. The van der Waals surface area contributed by atoms with Crippen molar-refractivity contribution in [3.63, 3.8) is 0 Å². The van der Waals surface area contributed by atoms with Crippen LogP contribution in [0.2, 0.25) is 0 Å². The molecule has 1 saturated carbocycles. The van der Waals surface area contributed by atoms with Gasteiger partial charge in [-0.05, 0) is 43.2 Å². The molecule has 186 valence electrons. The highest BCUT2D eigenvalue weighted by Gasteiger charge is 2.23. The van der Waals surface area contributed by atoms with Crippen LogP contribution in [-0.2, 0) is 4.79 Å². The van der Waals surface area contributed by atoms with Crippen LogP contribution in [-0.4, -0.2) is 46.0 Å². The predicted octanol–water partition coefficient (Wildman–Crippen LogP) is 5.15. The Morgan fingerprint density at radius 2 is 1.74 bits per heavy atom. The van der Waals surface area contributed by atoms with Gasteiger partial charge in [0, 0.05) is 53.6 Å². The number of pyridine rings is 4. The molecule has 1 aliphatic carbocycles. The zero-order valence-electron chi connectivity index (χ0n) is 20.3. The molecule has 0 atom stereocenters. The first-order valence-corrected chi connectivity index (χ1v) is 12.6. The van der Waals surface area contributed by atoms with E-state index in [2.05, 4.69) is 40.4 Å². The average molecular weight is 502 g/mol. The Morgan fingerprint density at radius 3 is 2.61 bits per heavy atom. The highest BCUT2D eigenvalue weighted by atomic mass is 16.1. The number of nitrogens with one attached hydrogen (secondary N) is 3. The summed E-state index contributed by atoms with van der Waals surface area (Å²) in [5.74, 6) is 0.793. The number of aromatic amines is 2. The van der Waals surface area contributed by atoms with Crippen LogP contribution in [0.3, 0.4) is 0 Å². The van der Waals surface area contributed by atoms with Gasteiger partial charge in [-0.1, -0.05) is 12.8 Å². The number of carbonyl (C=O) groups excluding carboxylic acids is 1. The van der Waals surface area contributed by atoms with E-state index in [-0.39, 0.29) is 11.8 Å². The van der Waals surface area contributed by atoms with Crippen molar-refractivity contribution >= 4 is 33.7 Å². The molecule has 0 radical (unpaired) electrons. The van der Waals surface area contributed by atoms with Gasteiger partial charge in [0.15, 0.2) is 11.5 Å². The second-order valence-corrected chi connectivity index (χ2v) is 9.50. The Labute approximate surface area is 217 Å². The van der Waals surface area contributed by atoms with Crippen molar-refractivity contribution in [2.75, 3.05) is 5.32 Å². The molecular weight excluding hydrogens is 478 g/mol. The molecule has 0 spiro atoms. The second kappa shape index (κ2) is 9.15. The van der Waals surface area contributed by atoms with Crippen molar-refractivity contribution < 1.29 is 4.79 Å². The number of H-pyrrole nitrogens is 2. The van der Waals surface area contributed by atoms with Gasteiger partial charge in [-0.25, -0.2) is 9.97 Å². The van der Waals surface area contributed by atoms with E-state index in [9.17, 15) is 4.79 Å². The Hall–Kier alpha value is -4.99. The zero-order chi connectivity index (χ0) is 25.5. The summed E-state index contributed by atoms with van der Waals surface area (Å²) in [6.45, 7) is 0. The van der Waals surface area contributed by atoms with Crippen molar-refractivity contribution in [1.29, 1.82) is 0 Å². The normalized spacial score (nSPS) is 13.9. The maximum absolute atomic E-state index is 12.6. The lowest BCUT2D eigenvalue weighted by molar-refractivity contribution is -0.119. The molecule has 1 fully saturated rings. The SMILES string of the molecule is O=C(Nc1cncc(-c2cnc3n[nH]c(-c4nc5c(-c6ccncc6)nccc5[nH]4)c3c2)c1)C1CCCC1. The minimum absolute atomic E-state index is 0.0673. The highest BCUT2D eigenvalue weighted by Crippen LogP contribution is 2.32. The van der Waals surface area contributed by atoms with Gasteiger partial charge >= 0.3 is 0 Å². The van der Waals surface area contributed by atoms with E-state index in [1.54, 1.807) is 37.2 Å². The molecule has 6 aromatic heterocycles. The Kier molecular flexibility index (Phi) is 5.35. The highest BCUT2D eigenvalue weighted by molar-refractivity contribution is 5.97. The van der Waals surface area contributed by atoms with Gasteiger partial charge in [-0.3, -0.25) is 24.8 Å². The van der Waals surface area contributed by atoms with Crippen LogP contribution < -0.4 is 5.32 Å². The maximum atomic E-state index is 12.6. The van der Waals surface area contributed by atoms with E-state index in [0.29, 0.717) is 17.2 Å². The smallest absolute Gasteiger partial charge is 0.227 e. The molecule has 0 aromatic carbocycles. The lowest BCUT2D eigenvalue weighted by Crippen LogP contribution is -2.20. The van der Waals surface area contributed by atoms with Crippen molar-refractivity contribution in [2.24, 2.45) is 5.92 Å². The first-order valence-electron chi connectivity index (χ1n) is 12.6. The third-order valence-electron chi connectivity index (χ3n) is 7.07. The number of hydrogen-bond donors (Lipinski definition) is 3. The number of hydrogen-bond acceptors (Lipinski definition) is 7. The number of nitrogens with zero attached hydrogens (tertiary/aromatic N) is 6.